The minimum atomic E-state index is 0.546. The largest absolute Gasteiger partial charge is 0.373 e. The van der Waals surface area contributed by atoms with Crippen molar-refractivity contribution in [3.05, 3.63) is 0 Å². The second-order valence-electron chi connectivity index (χ2n) is 4.18. The third kappa shape index (κ3) is 3.54. The summed E-state index contributed by atoms with van der Waals surface area (Å²) >= 11 is 0. The molecule has 0 spiro atoms. The Morgan fingerprint density at radius 3 is 2.50 bits per heavy atom. The molecule has 0 aromatic rings. The molecule has 0 saturated carbocycles. The van der Waals surface area contributed by atoms with Gasteiger partial charge in [-0.25, -0.2) is 4.99 Å². The highest BCUT2D eigenvalue weighted by Crippen LogP contribution is 2.09. The van der Waals surface area contributed by atoms with Gasteiger partial charge in [0.15, 0.2) is 0 Å². The summed E-state index contributed by atoms with van der Waals surface area (Å²) in [5.41, 5.74) is 0. The molecule has 0 atom stereocenters. The monoisotopic (exact) mass is 199 g/mol. The van der Waals surface area contributed by atoms with Gasteiger partial charge in [0, 0.05) is 19.6 Å². The third-order valence-electron chi connectivity index (χ3n) is 2.32. The van der Waals surface area contributed by atoms with E-state index in [9.17, 15) is 0 Å². The van der Waals surface area contributed by atoms with Crippen molar-refractivity contribution >= 4 is 6.02 Å². The lowest BCUT2D eigenvalue weighted by Gasteiger charge is -2.27. The minimum Gasteiger partial charge on any atom is -0.373 e. The number of rotatable bonds is 2. The van der Waals surface area contributed by atoms with E-state index in [0.717, 1.165) is 19.6 Å². The number of hydrogen-bond acceptors (Lipinski definition) is 3. The summed E-state index contributed by atoms with van der Waals surface area (Å²) in [6.07, 6.45) is 3.73. The molecule has 0 aromatic heterocycles. The Morgan fingerprint density at radius 2 is 2.00 bits per heavy atom. The van der Waals surface area contributed by atoms with Crippen LogP contribution in [0, 0.1) is 5.92 Å². The molecule has 1 aliphatic heterocycles. The molecule has 1 fully saturated rings. The summed E-state index contributed by atoms with van der Waals surface area (Å²) in [4.78, 5) is 11.3. The third-order valence-corrected chi connectivity index (χ3v) is 2.32. The molecule has 4 heteroatoms. The SMILES string of the molecule is CC(C)CN=C(ON)N1CCCCC1. The molecule has 0 bridgehead atoms. The lowest BCUT2D eigenvalue weighted by atomic mass is 10.1. The normalized spacial score (nSPS) is 18.9. The van der Waals surface area contributed by atoms with Crippen molar-refractivity contribution in [3.8, 4) is 0 Å². The van der Waals surface area contributed by atoms with Crippen LogP contribution in [0.2, 0.25) is 0 Å². The first-order chi connectivity index (χ1) is 6.74. The van der Waals surface area contributed by atoms with E-state index in [1.807, 2.05) is 0 Å². The first-order valence-corrected chi connectivity index (χ1v) is 5.40. The molecule has 1 aliphatic rings. The van der Waals surface area contributed by atoms with E-state index in [1.165, 1.54) is 19.3 Å². The Labute approximate surface area is 86.1 Å². The molecule has 0 aromatic carbocycles. The maximum absolute atomic E-state index is 5.22. The van der Waals surface area contributed by atoms with Crippen LogP contribution in [0.1, 0.15) is 33.1 Å². The Hall–Kier alpha value is -0.770. The smallest absolute Gasteiger partial charge is 0.307 e. The molecule has 14 heavy (non-hydrogen) atoms. The zero-order valence-corrected chi connectivity index (χ0v) is 9.20. The van der Waals surface area contributed by atoms with Crippen LogP contribution >= 0.6 is 0 Å². The minimum absolute atomic E-state index is 0.546. The molecular formula is C10H21N3O. The molecule has 1 heterocycles. The first-order valence-electron chi connectivity index (χ1n) is 5.40. The highest BCUT2D eigenvalue weighted by molar-refractivity contribution is 5.73. The van der Waals surface area contributed by atoms with E-state index in [2.05, 4.69) is 23.7 Å². The quantitative estimate of drug-likeness (QED) is 0.415. The van der Waals surface area contributed by atoms with Crippen LogP contribution in [0.25, 0.3) is 0 Å². The molecule has 0 amide bonds. The molecule has 1 saturated heterocycles. The number of nitrogens with two attached hydrogens (primary N) is 1. The number of piperidine rings is 1. The van der Waals surface area contributed by atoms with Gasteiger partial charge in [0.25, 0.3) is 0 Å². The van der Waals surface area contributed by atoms with Crippen LogP contribution < -0.4 is 5.90 Å². The first kappa shape index (κ1) is 11.3. The maximum Gasteiger partial charge on any atom is 0.307 e. The number of amidine groups is 1. The molecule has 0 aliphatic carbocycles. The van der Waals surface area contributed by atoms with Crippen molar-refractivity contribution in [1.82, 2.24) is 4.90 Å². The summed E-state index contributed by atoms with van der Waals surface area (Å²) < 4.78 is 0. The highest BCUT2D eigenvalue weighted by Gasteiger charge is 2.15. The summed E-state index contributed by atoms with van der Waals surface area (Å²) in [6.45, 7) is 7.09. The molecule has 2 N–H and O–H groups in total. The maximum atomic E-state index is 5.22. The van der Waals surface area contributed by atoms with E-state index in [4.69, 9.17) is 10.7 Å². The molecule has 4 nitrogen and oxygen atoms in total. The van der Waals surface area contributed by atoms with Gasteiger partial charge in [0.2, 0.25) is 0 Å². The van der Waals surface area contributed by atoms with Crippen molar-refractivity contribution < 1.29 is 4.84 Å². The van der Waals surface area contributed by atoms with Crippen molar-refractivity contribution in [3.63, 3.8) is 0 Å². The van der Waals surface area contributed by atoms with Crippen LogP contribution in [-0.4, -0.2) is 30.6 Å². The van der Waals surface area contributed by atoms with Crippen molar-refractivity contribution in [2.45, 2.75) is 33.1 Å². The average molecular weight is 199 g/mol. The standard InChI is InChI=1S/C10H21N3O/c1-9(2)8-12-10(14-11)13-6-4-3-5-7-13/h9H,3-8,11H2,1-2H3. The van der Waals surface area contributed by atoms with Crippen LogP contribution in [0.5, 0.6) is 0 Å². The van der Waals surface area contributed by atoms with Gasteiger partial charge in [-0.3, -0.25) is 0 Å². The van der Waals surface area contributed by atoms with Gasteiger partial charge < -0.3 is 9.74 Å². The summed E-state index contributed by atoms with van der Waals surface area (Å²) in [5.74, 6) is 5.76. The van der Waals surface area contributed by atoms with Crippen LogP contribution in [0.4, 0.5) is 0 Å². The van der Waals surface area contributed by atoms with Crippen LogP contribution in [0.3, 0.4) is 0 Å². The number of nitrogens with zero attached hydrogens (tertiary/aromatic N) is 2. The summed E-state index contributed by atoms with van der Waals surface area (Å²) in [5, 5.41) is 0. The highest BCUT2D eigenvalue weighted by atomic mass is 16.6. The van der Waals surface area contributed by atoms with Crippen LogP contribution in [0.15, 0.2) is 4.99 Å². The zero-order valence-electron chi connectivity index (χ0n) is 9.20. The lowest BCUT2D eigenvalue weighted by molar-refractivity contribution is 0.215. The fourth-order valence-electron chi connectivity index (χ4n) is 1.56. The molecule has 0 radical (unpaired) electrons. The Kier molecular flexibility index (Phi) is 4.73. The summed E-state index contributed by atoms with van der Waals surface area (Å²) in [6, 6.07) is 0.610. The van der Waals surface area contributed by atoms with E-state index >= 15 is 0 Å². The molecule has 82 valence electrons. The summed E-state index contributed by atoms with van der Waals surface area (Å²) in [7, 11) is 0. The predicted molar refractivity (Wildman–Crippen MR) is 57.8 cm³/mol. The fraction of sp³-hybridized carbons (Fsp3) is 0.900. The molecule has 0 unspecified atom stereocenters. The van der Waals surface area contributed by atoms with Gasteiger partial charge in [-0.05, 0) is 25.2 Å². The Bertz CT molecular complexity index is 186. The van der Waals surface area contributed by atoms with Gasteiger partial charge in [-0.1, -0.05) is 13.8 Å². The zero-order chi connectivity index (χ0) is 10.4. The second kappa shape index (κ2) is 5.86. The molecule has 1 rings (SSSR count). The number of hydrogen-bond donors (Lipinski definition) is 1. The number of likely N-dealkylation sites (tertiary alicyclic amines) is 1. The predicted octanol–water partition coefficient (Wildman–Crippen LogP) is 1.37. The van der Waals surface area contributed by atoms with Crippen molar-refractivity contribution in [2.75, 3.05) is 19.6 Å². The van der Waals surface area contributed by atoms with E-state index < -0.39 is 0 Å². The Balaban J connectivity index is 2.46. The fourth-order valence-corrected chi connectivity index (χ4v) is 1.56. The van der Waals surface area contributed by atoms with Gasteiger partial charge in [0.05, 0.1) is 0 Å². The van der Waals surface area contributed by atoms with Gasteiger partial charge in [-0.15, -0.1) is 0 Å². The van der Waals surface area contributed by atoms with E-state index in [-0.39, 0.29) is 0 Å². The van der Waals surface area contributed by atoms with Crippen molar-refractivity contribution in [1.29, 1.82) is 0 Å². The topological polar surface area (TPSA) is 50.9 Å². The second-order valence-corrected chi connectivity index (χ2v) is 4.18. The van der Waals surface area contributed by atoms with Gasteiger partial charge >= 0.3 is 6.02 Å². The van der Waals surface area contributed by atoms with E-state index in [0.29, 0.717) is 11.9 Å². The Morgan fingerprint density at radius 1 is 1.36 bits per heavy atom. The van der Waals surface area contributed by atoms with E-state index in [1.54, 1.807) is 0 Å². The average Bonchev–Trinajstić information content (AvgIpc) is 2.20. The van der Waals surface area contributed by atoms with Gasteiger partial charge in [-0.2, -0.15) is 5.90 Å². The van der Waals surface area contributed by atoms with Crippen molar-refractivity contribution in [2.24, 2.45) is 16.8 Å². The lowest BCUT2D eigenvalue weighted by Crippen LogP contribution is -2.38. The molecular weight excluding hydrogens is 178 g/mol. The number of aliphatic imine (C=N–C) groups is 1. The van der Waals surface area contributed by atoms with Crippen LogP contribution in [-0.2, 0) is 4.84 Å². The van der Waals surface area contributed by atoms with Gasteiger partial charge in [0.1, 0.15) is 0 Å².